The van der Waals surface area contributed by atoms with Gasteiger partial charge in [-0.25, -0.2) is 8.42 Å². The molecule has 0 spiro atoms. The van der Waals surface area contributed by atoms with E-state index in [4.69, 9.17) is 0 Å². The summed E-state index contributed by atoms with van der Waals surface area (Å²) in [6, 6.07) is 9.22. The topological polar surface area (TPSA) is 50.3 Å². The average molecular weight is 358 g/mol. The Balaban J connectivity index is 1.85. The van der Waals surface area contributed by atoms with E-state index in [2.05, 4.69) is 4.98 Å². The third kappa shape index (κ3) is 2.37. The monoisotopic (exact) mass is 358 g/mol. The summed E-state index contributed by atoms with van der Waals surface area (Å²) < 4.78 is 28.2. The van der Waals surface area contributed by atoms with Crippen molar-refractivity contribution < 1.29 is 8.42 Å². The molecule has 4 rings (SSSR count). The summed E-state index contributed by atoms with van der Waals surface area (Å²) in [5, 5.41) is 2.90. The first-order chi connectivity index (χ1) is 11.5. The standard InChI is InChI=1S/C18H18N2O2S2/c1-12-10-14-4-3-5-17(18(14)19-11-12)24(21,22)20-8-6-16-15(13(20)2)7-9-23-16/h3-5,7,9-11,13H,6,8H2,1-2H3/t13-/m1/s1. The van der Waals surface area contributed by atoms with Gasteiger partial charge in [0.2, 0.25) is 10.0 Å². The fourth-order valence-corrected chi connectivity index (χ4v) is 6.13. The van der Waals surface area contributed by atoms with E-state index in [0.717, 1.165) is 22.9 Å². The summed E-state index contributed by atoms with van der Waals surface area (Å²) in [4.78, 5) is 5.99. The van der Waals surface area contributed by atoms with Crippen LogP contribution in [0, 0.1) is 6.92 Å². The van der Waals surface area contributed by atoms with Crippen LogP contribution in [0.3, 0.4) is 0 Å². The molecule has 0 bridgehead atoms. The van der Waals surface area contributed by atoms with Crippen molar-refractivity contribution in [2.75, 3.05) is 6.54 Å². The normalized spacial score (nSPS) is 18.7. The fourth-order valence-electron chi connectivity index (χ4n) is 3.39. The number of benzene rings is 1. The zero-order chi connectivity index (χ0) is 16.9. The maximum absolute atomic E-state index is 13.3. The Kier molecular flexibility index (Phi) is 3.71. The number of aromatic nitrogens is 1. The largest absolute Gasteiger partial charge is 0.255 e. The van der Waals surface area contributed by atoms with Gasteiger partial charge in [0.25, 0.3) is 0 Å². The van der Waals surface area contributed by atoms with Gasteiger partial charge in [0, 0.05) is 29.0 Å². The highest BCUT2D eigenvalue weighted by atomic mass is 32.2. The number of thiophene rings is 1. The van der Waals surface area contributed by atoms with Crippen LogP contribution in [0.15, 0.2) is 46.8 Å². The minimum atomic E-state index is -3.60. The minimum absolute atomic E-state index is 0.147. The Labute approximate surface area is 145 Å². The second kappa shape index (κ2) is 5.65. The molecule has 1 aliphatic heterocycles. The van der Waals surface area contributed by atoms with Crippen LogP contribution in [0.1, 0.15) is 29.0 Å². The maximum Gasteiger partial charge on any atom is 0.245 e. The van der Waals surface area contributed by atoms with E-state index in [1.54, 1.807) is 34.0 Å². The molecule has 4 nitrogen and oxygen atoms in total. The molecule has 0 fully saturated rings. The Morgan fingerprint density at radius 1 is 1.29 bits per heavy atom. The molecule has 0 N–H and O–H groups in total. The summed E-state index contributed by atoms with van der Waals surface area (Å²) in [5.74, 6) is 0. The number of aryl methyl sites for hydroxylation is 1. The molecule has 0 unspecified atom stereocenters. The Morgan fingerprint density at radius 3 is 2.96 bits per heavy atom. The number of hydrogen-bond donors (Lipinski definition) is 0. The lowest BCUT2D eigenvalue weighted by Crippen LogP contribution is -2.38. The van der Waals surface area contributed by atoms with E-state index < -0.39 is 10.0 Å². The molecule has 1 aliphatic rings. The lowest BCUT2D eigenvalue weighted by Gasteiger charge is -2.32. The molecule has 0 aliphatic carbocycles. The Morgan fingerprint density at radius 2 is 2.12 bits per heavy atom. The third-order valence-corrected chi connectivity index (χ3v) is 7.62. The van der Waals surface area contributed by atoms with Crippen molar-refractivity contribution in [3.05, 3.63) is 57.9 Å². The van der Waals surface area contributed by atoms with E-state index in [1.807, 2.05) is 37.4 Å². The quantitative estimate of drug-likeness (QED) is 0.698. The predicted octanol–water partition coefficient (Wildman–Crippen LogP) is 3.91. The molecule has 0 saturated heterocycles. The minimum Gasteiger partial charge on any atom is -0.255 e. The summed E-state index contributed by atoms with van der Waals surface area (Å²) >= 11 is 1.71. The van der Waals surface area contributed by atoms with Crippen molar-refractivity contribution in [1.82, 2.24) is 9.29 Å². The highest BCUT2D eigenvalue weighted by Gasteiger charge is 2.35. The number of pyridine rings is 1. The average Bonchev–Trinajstić information content (AvgIpc) is 3.03. The molecule has 0 amide bonds. The van der Waals surface area contributed by atoms with E-state index in [1.165, 1.54) is 4.88 Å². The van der Waals surface area contributed by atoms with E-state index in [0.29, 0.717) is 17.0 Å². The van der Waals surface area contributed by atoms with Crippen LogP contribution < -0.4 is 0 Å². The van der Waals surface area contributed by atoms with Crippen molar-refractivity contribution in [3.63, 3.8) is 0 Å². The summed E-state index contributed by atoms with van der Waals surface area (Å²) in [7, 11) is -3.60. The molecule has 2 aromatic heterocycles. The van der Waals surface area contributed by atoms with Gasteiger partial charge >= 0.3 is 0 Å². The summed E-state index contributed by atoms with van der Waals surface area (Å²) in [5.41, 5.74) is 2.69. The van der Waals surface area contributed by atoms with Crippen LogP contribution >= 0.6 is 11.3 Å². The fraction of sp³-hybridized carbons (Fsp3) is 0.278. The van der Waals surface area contributed by atoms with Gasteiger partial charge in [-0.05, 0) is 55.0 Å². The van der Waals surface area contributed by atoms with Crippen LogP contribution in [0.5, 0.6) is 0 Å². The smallest absolute Gasteiger partial charge is 0.245 e. The SMILES string of the molecule is Cc1cnc2c(S(=O)(=O)N3CCc4sccc4[C@H]3C)cccc2c1. The molecule has 1 atom stereocenters. The number of para-hydroxylation sites is 1. The molecular formula is C18H18N2O2S2. The van der Waals surface area contributed by atoms with Crippen molar-refractivity contribution in [1.29, 1.82) is 0 Å². The summed E-state index contributed by atoms with van der Waals surface area (Å²) in [6.45, 7) is 4.43. The van der Waals surface area contributed by atoms with Crippen LogP contribution in [-0.4, -0.2) is 24.3 Å². The number of fused-ring (bicyclic) bond motifs is 2. The third-order valence-electron chi connectivity index (χ3n) is 4.62. The van der Waals surface area contributed by atoms with Gasteiger partial charge in [0.15, 0.2) is 0 Å². The van der Waals surface area contributed by atoms with E-state index in [-0.39, 0.29) is 6.04 Å². The van der Waals surface area contributed by atoms with Crippen molar-refractivity contribution in [2.24, 2.45) is 0 Å². The van der Waals surface area contributed by atoms with Gasteiger partial charge in [-0.15, -0.1) is 11.3 Å². The van der Waals surface area contributed by atoms with Crippen LogP contribution in [0.2, 0.25) is 0 Å². The highest BCUT2D eigenvalue weighted by molar-refractivity contribution is 7.89. The van der Waals surface area contributed by atoms with E-state index in [9.17, 15) is 8.42 Å². The molecule has 3 heterocycles. The first kappa shape index (κ1) is 15.7. The van der Waals surface area contributed by atoms with Crippen molar-refractivity contribution in [2.45, 2.75) is 31.2 Å². The van der Waals surface area contributed by atoms with E-state index >= 15 is 0 Å². The number of hydrogen-bond acceptors (Lipinski definition) is 4. The second-order valence-corrected chi connectivity index (χ2v) is 9.04. The van der Waals surface area contributed by atoms with Crippen LogP contribution in [0.25, 0.3) is 10.9 Å². The van der Waals surface area contributed by atoms with Crippen LogP contribution in [-0.2, 0) is 16.4 Å². The van der Waals surface area contributed by atoms with Gasteiger partial charge in [-0.2, -0.15) is 4.31 Å². The van der Waals surface area contributed by atoms with Crippen LogP contribution in [0.4, 0.5) is 0 Å². The first-order valence-corrected chi connectivity index (χ1v) is 10.2. The molecule has 3 aromatic rings. The molecular weight excluding hydrogens is 340 g/mol. The molecule has 0 saturated carbocycles. The van der Waals surface area contributed by atoms with Gasteiger partial charge < -0.3 is 0 Å². The zero-order valence-corrected chi connectivity index (χ0v) is 15.2. The highest BCUT2D eigenvalue weighted by Crippen LogP contribution is 2.37. The van der Waals surface area contributed by atoms with Gasteiger partial charge in [0.1, 0.15) is 4.90 Å². The van der Waals surface area contributed by atoms with Gasteiger partial charge in [-0.1, -0.05) is 12.1 Å². The second-order valence-electron chi connectivity index (χ2n) is 6.18. The predicted molar refractivity (Wildman–Crippen MR) is 96.8 cm³/mol. The lowest BCUT2D eigenvalue weighted by atomic mass is 10.0. The Hall–Kier alpha value is -1.76. The number of sulfonamides is 1. The molecule has 124 valence electrons. The zero-order valence-electron chi connectivity index (χ0n) is 13.6. The molecule has 0 radical (unpaired) electrons. The lowest BCUT2D eigenvalue weighted by molar-refractivity contribution is 0.329. The van der Waals surface area contributed by atoms with Gasteiger partial charge in [0.05, 0.1) is 5.52 Å². The Bertz CT molecular complexity index is 1020. The number of nitrogens with zero attached hydrogens (tertiary/aromatic N) is 2. The molecule has 1 aromatic carbocycles. The van der Waals surface area contributed by atoms with Crippen molar-refractivity contribution >= 4 is 32.3 Å². The number of rotatable bonds is 2. The summed E-state index contributed by atoms with van der Waals surface area (Å²) in [6.07, 6.45) is 2.49. The van der Waals surface area contributed by atoms with Crippen molar-refractivity contribution in [3.8, 4) is 0 Å². The van der Waals surface area contributed by atoms with Gasteiger partial charge in [-0.3, -0.25) is 4.98 Å². The first-order valence-electron chi connectivity index (χ1n) is 7.92. The molecule has 6 heteroatoms. The molecule has 24 heavy (non-hydrogen) atoms. The maximum atomic E-state index is 13.3.